The number of piperidine rings is 1. The molecule has 5 nitrogen and oxygen atoms in total. The molecule has 0 radical (unpaired) electrons. The lowest BCUT2D eigenvalue weighted by atomic mass is 9.91. The van der Waals surface area contributed by atoms with Crippen LogP contribution in [0.2, 0.25) is 0 Å². The summed E-state index contributed by atoms with van der Waals surface area (Å²) in [4.78, 5) is 11.2. The SMILES string of the molecule is O=C(O)c1cccc([C@H]2CCCN(S(=O)(=O)Cc3ccc(F)cc3)C2)c1. The predicted octanol–water partition coefficient (Wildman–Crippen LogP) is 3.23. The Kier molecular flexibility index (Phi) is 5.38. The van der Waals surface area contributed by atoms with Crippen LogP contribution in [0.5, 0.6) is 0 Å². The second-order valence-electron chi connectivity index (χ2n) is 6.51. The van der Waals surface area contributed by atoms with Crippen LogP contribution in [0.25, 0.3) is 0 Å². The Bertz CT molecular complexity index is 896. The van der Waals surface area contributed by atoms with Crippen LogP contribution >= 0.6 is 0 Å². The second-order valence-corrected chi connectivity index (χ2v) is 8.48. The van der Waals surface area contributed by atoms with E-state index in [1.807, 2.05) is 6.07 Å². The van der Waals surface area contributed by atoms with E-state index in [1.54, 1.807) is 12.1 Å². The third-order valence-electron chi connectivity index (χ3n) is 4.64. The van der Waals surface area contributed by atoms with Gasteiger partial charge in [-0.05, 0) is 54.2 Å². The van der Waals surface area contributed by atoms with Gasteiger partial charge in [-0.15, -0.1) is 0 Å². The van der Waals surface area contributed by atoms with Gasteiger partial charge in [0.05, 0.1) is 11.3 Å². The number of carboxylic acid groups (broad SMARTS) is 1. The summed E-state index contributed by atoms with van der Waals surface area (Å²) in [6.07, 6.45) is 1.52. The van der Waals surface area contributed by atoms with Crippen LogP contribution in [0.3, 0.4) is 0 Å². The van der Waals surface area contributed by atoms with Gasteiger partial charge in [0.2, 0.25) is 10.0 Å². The van der Waals surface area contributed by atoms with E-state index in [2.05, 4.69) is 0 Å². The fourth-order valence-electron chi connectivity index (χ4n) is 3.28. The molecule has 1 aliphatic heterocycles. The first-order valence-electron chi connectivity index (χ1n) is 8.41. The highest BCUT2D eigenvalue weighted by Gasteiger charge is 2.30. The van der Waals surface area contributed by atoms with Crippen molar-refractivity contribution in [3.8, 4) is 0 Å². The Morgan fingerprint density at radius 1 is 1.19 bits per heavy atom. The van der Waals surface area contributed by atoms with Gasteiger partial charge in [-0.25, -0.2) is 21.9 Å². The fraction of sp³-hybridized carbons (Fsp3) is 0.316. The number of carboxylic acids is 1. The molecule has 0 aliphatic carbocycles. The molecule has 0 aromatic heterocycles. The number of rotatable bonds is 5. The monoisotopic (exact) mass is 377 g/mol. The summed E-state index contributed by atoms with van der Waals surface area (Å²) in [5.41, 5.74) is 1.58. The summed E-state index contributed by atoms with van der Waals surface area (Å²) in [5, 5.41) is 9.14. The highest BCUT2D eigenvalue weighted by Crippen LogP contribution is 2.29. The minimum absolute atomic E-state index is 0.0361. The predicted molar refractivity (Wildman–Crippen MR) is 96.0 cm³/mol. The van der Waals surface area contributed by atoms with E-state index in [9.17, 15) is 17.6 Å². The molecule has 0 spiro atoms. The molecule has 2 aromatic carbocycles. The fourth-order valence-corrected chi connectivity index (χ4v) is 4.89. The standard InChI is InChI=1S/C19H20FNO4S/c20-18-8-6-14(7-9-18)13-26(24,25)21-10-2-5-17(12-21)15-3-1-4-16(11-15)19(22)23/h1,3-4,6-9,11,17H,2,5,10,12-13H2,(H,22,23)/t17-/m0/s1. The molecular formula is C19H20FNO4S. The number of sulfonamides is 1. The summed E-state index contributed by atoms with van der Waals surface area (Å²) in [5.74, 6) is -1.60. The van der Waals surface area contributed by atoms with Crippen molar-refractivity contribution in [1.82, 2.24) is 4.31 Å². The van der Waals surface area contributed by atoms with Crippen molar-refractivity contribution in [1.29, 1.82) is 0 Å². The van der Waals surface area contributed by atoms with Crippen molar-refractivity contribution in [3.63, 3.8) is 0 Å². The zero-order chi connectivity index (χ0) is 18.7. The first-order chi connectivity index (χ1) is 12.3. The van der Waals surface area contributed by atoms with Crippen molar-refractivity contribution in [2.75, 3.05) is 13.1 Å². The van der Waals surface area contributed by atoms with Crippen LogP contribution in [-0.2, 0) is 15.8 Å². The molecule has 1 aliphatic rings. The second kappa shape index (κ2) is 7.55. The van der Waals surface area contributed by atoms with E-state index >= 15 is 0 Å². The molecule has 0 unspecified atom stereocenters. The van der Waals surface area contributed by atoms with Gasteiger partial charge in [-0.1, -0.05) is 24.3 Å². The first-order valence-corrected chi connectivity index (χ1v) is 10.0. The largest absolute Gasteiger partial charge is 0.478 e. The van der Waals surface area contributed by atoms with E-state index in [-0.39, 0.29) is 17.2 Å². The van der Waals surface area contributed by atoms with Crippen molar-refractivity contribution < 1.29 is 22.7 Å². The molecule has 7 heteroatoms. The maximum Gasteiger partial charge on any atom is 0.335 e. The summed E-state index contributed by atoms with van der Waals surface area (Å²) in [6.45, 7) is 0.769. The number of nitrogens with zero attached hydrogens (tertiary/aromatic N) is 1. The molecule has 1 saturated heterocycles. The van der Waals surface area contributed by atoms with Crippen LogP contribution in [-0.4, -0.2) is 36.9 Å². The smallest absolute Gasteiger partial charge is 0.335 e. The van der Waals surface area contributed by atoms with Crippen LogP contribution in [0.4, 0.5) is 4.39 Å². The van der Waals surface area contributed by atoms with Gasteiger partial charge in [-0.2, -0.15) is 0 Å². The molecule has 2 aromatic rings. The van der Waals surface area contributed by atoms with Gasteiger partial charge in [0.15, 0.2) is 0 Å². The molecule has 1 heterocycles. The van der Waals surface area contributed by atoms with Crippen molar-refractivity contribution in [2.24, 2.45) is 0 Å². The first kappa shape index (κ1) is 18.5. The molecule has 26 heavy (non-hydrogen) atoms. The maximum atomic E-state index is 13.0. The molecule has 0 amide bonds. The van der Waals surface area contributed by atoms with E-state index < -0.39 is 21.8 Å². The van der Waals surface area contributed by atoms with E-state index in [4.69, 9.17) is 5.11 Å². The molecular weight excluding hydrogens is 357 g/mol. The zero-order valence-corrected chi connectivity index (χ0v) is 15.0. The Balaban J connectivity index is 1.76. The Hall–Kier alpha value is -2.25. The molecule has 3 rings (SSSR count). The average Bonchev–Trinajstić information content (AvgIpc) is 2.64. The van der Waals surface area contributed by atoms with Crippen LogP contribution in [0, 0.1) is 5.82 Å². The average molecular weight is 377 g/mol. The topological polar surface area (TPSA) is 74.7 Å². The van der Waals surface area contributed by atoms with E-state index in [0.29, 0.717) is 25.1 Å². The number of hydrogen-bond donors (Lipinski definition) is 1. The number of halogens is 1. The molecule has 0 bridgehead atoms. The molecule has 1 atom stereocenters. The molecule has 0 saturated carbocycles. The zero-order valence-electron chi connectivity index (χ0n) is 14.1. The Morgan fingerprint density at radius 2 is 1.92 bits per heavy atom. The lowest BCUT2D eigenvalue weighted by Gasteiger charge is -2.32. The summed E-state index contributed by atoms with van der Waals surface area (Å²) < 4.78 is 39.9. The lowest BCUT2D eigenvalue weighted by molar-refractivity contribution is 0.0696. The minimum atomic E-state index is -3.52. The van der Waals surface area contributed by atoms with Gasteiger partial charge in [-0.3, -0.25) is 0 Å². The summed E-state index contributed by atoms with van der Waals surface area (Å²) in [6, 6.07) is 12.1. The number of hydrogen-bond acceptors (Lipinski definition) is 3. The number of benzene rings is 2. The van der Waals surface area contributed by atoms with Gasteiger partial charge < -0.3 is 5.11 Å². The number of aromatic carboxylic acids is 1. The molecule has 1 fully saturated rings. The van der Waals surface area contributed by atoms with Crippen molar-refractivity contribution >= 4 is 16.0 Å². The van der Waals surface area contributed by atoms with Crippen molar-refractivity contribution in [2.45, 2.75) is 24.5 Å². The summed E-state index contributed by atoms with van der Waals surface area (Å²) in [7, 11) is -3.52. The lowest BCUT2D eigenvalue weighted by Crippen LogP contribution is -2.39. The van der Waals surface area contributed by atoms with E-state index in [0.717, 1.165) is 12.0 Å². The highest BCUT2D eigenvalue weighted by molar-refractivity contribution is 7.88. The van der Waals surface area contributed by atoms with Gasteiger partial charge in [0.25, 0.3) is 0 Å². The number of carbonyl (C=O) groups is 1. The van der Waals surface area contributed by atoms with E-state index in [1.165, 1.54) is 34.6 Å². The minimum Gasteiger partial charge on any atom is -0.478 e. The third kappa shape index (κ3) is 4.28. The van der Waals surface area contributed by atoms with Crippen LogP contribution in [0.1, 0.15) is 40.2 Å². The van der Waals surface area contributed by atoms with Crippen LogP contribution < -0.4 is 0 Å². The van der Waals surface area contributed by atoms with Crippen LogP contribution in [0.15, 0.2) is 48.5 Å². The Labute approximate surface area is 152 Å². The third-order valence-corrected chi connectivity index (χ3v) is 6.46. The molecule has 1 N–H and O–H groups in total. The maximum absolute atomic E-state index is 13.0. The van der Waals surface area contributed by atoms with Gasteiger partial charge in [0, 0.05) is 13.1 Å². The Morgan fingerprint density at radius 3 is 2.62 bits per heavy atom. The summed E-state index contributed by atoms with van der Waals surface area (Å²) >= 11 is 0. The highest BCUT2D eigenvalue weighted by atomic mass is 32.2. The van der Waals surface area contributed by atoms with Crippen molar-refractivity contribution in [3.05, 3.63) is 71.0 Å². The molecule has 138 valence electrons. The normalized spacial score (nSPS) is 18.6. The van der Waals surface area contributed by atoms with Gasteiger partial charge in [0.1, 0.15) is 5.82 Å². The van der Waals surface area contributed by atoms with Gasteiger partial charge >= 0.3 is 5.97 Å². The quantitative estimate of drug-likeness (QED) is 0.868.